The van der Waals surface area contributed by atoms with Gasteiger partial charge in [0.2, 0.25) is 0 Å². The van der Waals surface area contributed by atoms with Crippen molar-refractivity contribution in [3.05, 3.63) is 24.3 Å². The molecule has 0 bridgehead atoms. The zero-order valence-corrected chi connectivity index (χ0v) is 10.3. The van der Waals surface area contributed by atoms with Crippen molar-refractivity contribution in [1.29, 1.82) is 0 Å². The second-order valence-corrected chi connectivity index (χ2v) is 3.90. The molecule has 0 spiro atoms. The Hall–Kier alpha value is -0.970. The fraction of sp³-hybridized carbons (Fsp3) is 0.500. The maximum Gasteiger partial charge on any atom is 0.257 e. The van der Waals surface area contributed by atoms with E-state index in [0.717, 1.165) is 18.3 Å². The van der Waals surface area contributed by atoms with Crippen LogP contribution in [0, 0.1) is 0 Å². The summed E-state index contributed by atoms with van der Waals surface area (Å²) < 4.78 is 0. The average Bonchev–Trinajstić information content (AvgIpc) is 2.29. The summed E-state index contributed by atoms with van der Waals surface area (Å²) in [4.78, 5) is 21.4. The summed E-state index contributed by atoms with van der Waals surface area (Å²) in [6.45, 7) is 3.52. The number of hydrogen-bond donors (Lipinski definition) is 0. The molecule has 0 N–H and O–H groups in total. The van der Waals surface area contributed by atoms with Gasteiger partial charge in [-0.3, -0.25) is 4.79 Å². The van der Waals surface area contributed by atoms with Gasteiger partial charge in [0, 0.05) is 30.8 Å². The van der Waals surface area contributed by atoms with Crippen LogP contribution in [0.25, 0.3) is 0 Å². The lowest BCUT2D eigenvalue weighted by atomic mass is 10.3. The number of carbonyl (C=O) groups excluding carboxylic acids is 1. The van der Waals surface area contributed by atoms with E-state index in [9.17, 15) is 4.79 Å². The normalized spacial score (nSPS) is 10.0. The number of aromatic nitrogens is 2. The van der Waals surface area contributed by atoms with E-state index in [1.165, 1.54) is 6.33 Å². The molecule has 0 aliphatic heterocycles. The van der Waals surface area contributed by atoms with Gasteiger partial charge in [0.25, 0.3) is 5.91 Å². The van der Waals surface area contributed by atoms with Gasteiger partial charge in [0.15, 0.2) is 0 Å². The van der Waals surface area contributed by atoms with Gasteiger partial charge in [-0.2, -0.15) is 0 Å². The number of rotatable bonds is 5. The van der Waals surface area contributed by atoms with Crippen LogP contribution in [-0.4, -0.2) is 39.2 Å². The third-order valence-corrected chi connectivity index (χ3v) is 2.30. The molecule has 5 heteroatoms. The summed E-state index contributed by atoms with van der Waals surface area (Å²) in [6.07, 6.45) is 5.47. The molecule has 1 rings (SSSR count). The van der Waals surface area contributed by atoms with Crippen LogP contribution < -0.4 is 0 Å². The molecule has 1 aromatic heterocycles. The van der Waals surface area contributed by atoms with Crippen molar-refractivity contribution in [2.75, 3.05) is 18.4 Å². The molecule has 0 aliphatic rings. The largest absolute Gasteiger partial charge is 0.338 e. The van der Waals surface area contributed by atoms with Gasteiger partial charge in [0.05, 0.1) is 5.56 Å². The Morgan fingerprint density at radius 1 is 1.40 bits per heavy atom. The van der Waals surface area contributed by atoms with E-state index in [2.05, 4.69) is 32.8 Å². The summed E-state index contributed by atoms with van der Waals surface area (Å²) in [7, 11) is 0. The number of halogens is 1. The summed E-state index contributed by atoms with van der Waals surface area (Å²) in [5.74, 6) is -0.00287. The van der Waals surface area contributed by atoms with Gasteiger partial charge in [-0.05, 0) is 6.42 Å². The number of hydrogen-bond acceptors (Lipinski definition) is 3. The minimum Gasteiger partial charge on any atom is -0.338 e. The highest BCUT2D eigenvalue weighted by atomic mass is 79.9. The van der Waals surface area contributed by atoms with Crippen LogP contribution in [0.3, 0.4) is 0 Å². The fourth-order valence-corrected chi connectivity index (χ4v) is 1.71. The molecule has 0 aromatic carbocycles. The second kappa shape index (κ2) is 6.50. The first kappa shape index (κ1) is 12.1. The Balaban J connectivity index is 2.71. The maximum absolute atomic E-state index is 11.9. The Morgan fingerprint density at radius 2 is 2.07 bits per heavy atom. The topological polar surface area (TPSA) is 46.1 Å². The number of amides is 1. The van der Waals surface area contributed by atoms with Crippen molar-refractivity contribution >= 4 is 21.8 Å². The molecule has 0 unspecified atom stereocenters. The summed E-state index contributed by atoms with van der Waals surface area (Å²) in [5.41, 5.74) is 0.548. The van der Waals surface area contributed by atoms with Crippen LogP contribution in [0.5, 0.6) is 0 Å². The van der Waals surface area contributed by atoms with Gasteiger partial charge < -0.3 is 4.90 Å². The van der Waals surface area contributed by atoms with Crippen molar-refractivity contribution in [3.8, 4) is 0 Å². The van der Waals surface area contributed by atoms with Crippen molar-refractivity contribution in [2.45, 2.75) is 13.3 Å². The standard InChI is InChI=1S/C10H14BrN3O/c1-2-4-14(5-3-11)10(15)9-6-12-8-13-7-9/h6-8H,2-5H2,1H3. The Morgan fingerprint density at radius 3 is 2.60 bits per heavy atom. The SMILES string of the molecule is CCCN(CCBr)C(=O)c1cncnc1. The molecule has 1 heterocycles. The molecule has 82 valence electrons. The number of carbonyl (C=O) groups is 1. The van der Waals surface area contributed by atoms with E-state index in [-0.39, 0.29) is 5.91 Å². The van der Waals surface area contributed by atoms with E-state index in [4.69, 9.17) is 0 Å². The Bertz CT molecular complexity index is 299. The third kappa shape index (κ3) is 3.58. The van der Waals surface area contributed by atoms with Crippen LogP contribution in [0.15, 0.2) is 18.7 Å². The fourth-order valence-electron chi connectivity index (χ4n) is 1.28. The van der Waals surface area contributed by atoms with Crippen LogP contribution in [0.2, 0.25) is 0 Å². The lowest BCUT2D eigenvalue weighted by Gasteiger charge is -2.20. The highest BCUT2D eigenvalue weighted by molar-refractivity contribution is 9.09. The van der Waals surface area contributed by atoms with E-state index in [0.29, 0.717) is 12.1 Å². The van der Waals surface area contributed by atoms with Crippen molar-refractivity contribution in [1.82, 2.24) is 14.9 Å². The Kier molecular flexibility index (Phi) is 5.25. The zero-order valence-electron chi connectivity index (χ0n) is 8.69. The van der Waals surface area contributed by atoms with Gasteiger partial charge in [-0.25, -0.2) is 9.97 Å². The van der Waals surface area contributed by atoms with Gasteiger partial charge in [0.1, 0.15) is 6.33 Å². The van der Waals surface area contributed by atoms with E-state index in [1.54, 1.807) is 17.3 Å². The van der Waals surface area contributed by atoms with Crippen LogP contribution >= 0.6 is 15.9 Å². The van der Waals surface area contributed by atoms with Crippen LogP contribution in [0.1, 0.15) is 23.7 Å². The van der Waals surface area contributed by atoms with E-state index >= 15 is 0 Å². The van der Waals surface area contributed by atoms with Crippen LogP contribution in [0.4, 0.5) is 0 Å². The highest BCUT2D eigenvalue weighted by Crippen LogP contribution is 2.03. The molecular formula is C10H14BrN3O. The molecule has 4 nitrogen and oxygen atoms in total. The molecule has 0 radical (unpaired) electrons. The lowest BCUT2D eigenvalue weighted by molar-refractivity contribution is 0.0765. The Labute approximate surface area is 97.8 Å². The summed E-state index contributed by atoms with van der Waals surface area (Å²) in [5, 5.41) is 0.784. The van der Waals surface area contributed by atoms with Gasteiger partial charge in [-0.1, -0.05) is 22.9 Å². The smallest absolute Gasteiger partial charge is 0.257 e. The first-order chi connectivity index (χ1) is 7.29. The van der Waals surface area contributed by atoms with Gasteiger partial charge >= 0.3 is 0 Å². The van der Waals surface area contributed by atoms with Crippen molar-refractivity contribution < 1.29 is 4.79 Å². The molecule has 0 fully saturated rings. The van der Waals surface area contributed by atoms with Crippen molar-refractivity contribution in [3.63, 3.8) is 0 Å². The van der Waals surface area contributed by atoms with Crippen molar-refractivity contribution in [2.24, 2.45) is 0 Å². The predicted octanol–water partition coefficient (Wildman–Crippen LogP) is 1.72. The summed E-state index contributed by atoms with van der Waals surface area (Å²) in [6, 6.07) is 0. The average molecular weight is 272 g/mol. The molecule has 15 heavy (non-hydrogen) atoms. The first-order valence-electron chi connectivity index (χ1n) is 4.89. The van der Waals surface area contributed by atoms with E-state index < -0.39 is 0 Å². The molecule has 1 amide bonds. The molecule has 0 aliphatic carbocycles. The van der Waals surface area contributed by atoms with Crippen LogP contribution in [-0.2, 0) is 0 Å². The van der Waals surface area contributed by atoms with E-state index in [1.807, 2.05) is 0 Å². The van der Waals surface area contributed by atoms with Gasteiger partial charge in [-0.15, -0.1) is 0 Å². The quantitative estimate of drug-likeness (QED) is 0.767. The predicted molar refractivity (Wildman–Crippen MR) is 62.0 cm³/mol. The molecule has 0 saturated heterocycles. The minimum absolute atomic E-state index is 0.00287. The molecule has 0 saturated carbocycles. The first-order valence-corrected chi connectivity index (χ1v) is 6.02. The molecular weight excluding hydrogens is 258 g/mol. The maximum atomic E-state index is 11.9. The zero-order chi connectivity index (χ0) is 11.1. The number of alkyl halides is 1. The molecule has 0 atom stereocenters. The lowest BCUT2D eigenvalue weighted by Crippen LogP contribution is -2.33. The second-order valence-electron chi connectivity index (χ2n) is 3.11. The number of nitrogens with zero attached hydrogens (tertiary/aromatic N) is 3. The molecule has 1 aromatic rings. The highest BCUT2D eigenvalue weighted by Gasteiger charge is 2.14. The monoisotopic (exact) mass is 271 g/mol. The minimum atomic E-state index is -0.00287. The summed E-state index contributed by atoms with van der Waals surface area (Å²) >= 11 is 3.34. The third-order valence-electron chi connectivity index (χ3n) is 1.94.